The molecule has 3 saturated heterocycles. The van der Waals surface area contributed by atoms with Crippen molar-refractivity contribution < 1.29 is 26.8 Å². The summed E-state index contributed by atoms with van der Waals surface area (Å²) >= 11 is 0. The summed E-state index contributed by atoms with van der Waals surface area (Å²) in [6, 6.07) is 6.51. The fraction of sp³-hybridized carbons (Fsp3) is 0.538. The van der Waals surface area contributed by atoms with Gasteiger partial charge in [0.15, 0.2) is 12.4 Å². The van der Waals surface area contributed by atoms with Gasteiger partial charge in [0.2, 0.25) is 0 Å². The summed E-state index contributed by atoms with van der Waals surface area (Å²) in [6.07, 6.45) is -1.84. The van der Waals surface area contributed by atoms with Crippen LogP contribution in [0.3, 0.4) is 0 Å². The molecule has 3 fully saturated rings. The normalized spacial score (nSPS) is 38.5. The largest absolute Gasteiger partial charge is 0.364 e. The topological polar surface area (TPSA) is 74.4 Å². The molecule has 2 bridgehead atoms. The van der Waals surface area contributed by atoms with E-state index in [1.807, 2.05) is 6.92 Å². The minimum Gasteiger partial charge on any atom is -0.364 e. The maximum atomic E-state index is 12.3. The van der Waals surface area contributed by atoms with Gasteiger partial charge in [0.05, 0.1) is 11.5 Å². The number of hydrogen-bond acceptors (Lipinski definition) is 6. The number of ether oxygens (including phenoxy) is 3. The molecule has 6 nitrogen and oxygen atoms in total. The molecule has 3 heterocycles. The average Bonchev–Trinajstić information content (AvgIpc) is 3.09. The van der Waals surface area contributed by atoms with Crippen LogP contribution in [0.1, 0.15) is 5.56 Å². The first-order valence-corrected chi connectivity index (χ1v) is 7.88. The fourth-order valence-electron chi connectivity index (χ4n) is 2.65. The number of epoxide rings is 1. The predicted octanol–water partition coefficient (Wildman–Crippen LogP) is 0.591. The second-order valence-electron chi connectivity index (χ2n) is 5.27. The van der Waals surface area contributed by atoms with Crippen molar-refractivity contribution in [2.75, 3.05) is 6.61 Å². The summed E-state index contributed by atoms with van der Waals surface area (Å²) in [5.41, 5.74) is 0.984. The van der Waals surface area contributed by atoms with Gasteiger partial charge in [-0.25, -0.2) is 0 Å². The fourth-order valence-corrected chi connectivity index (χ4v) is 3.72. The van der Waals surface area contributed by atoms with E-state index in [0.29, 0.717) is 6.61 Å². The van der Waals surface area contributed by atoms with Crippen LogP contribution in [0.15, 0.2) is 29.2 Å². The van der Waals surface area contributed by atoms with E-state index in [1.165, 1.54) is 12.1 Å². The van der Waals surface area contributed by atoms with E-state index in [9.17, 15) is 8.42 Å². The van der Waals surface area contributed by atoms with Gasteiger partial charge in [-0.2, -0.15) is 8.42 Å². The maximum Gasteiger partial charge on any atom is 0.297 e. The van der Waals surface area contributed by atoms with E-state index in [0.717, 1.165) is 5.56 Å². The van der Waals surface area contributed by atoms with E-state index >= 15 is 0 Å². The van der Waals surface area contributed by atoms with Crippen molar-refractivity contribution in [2.24, 2.45) is 0 Å². The lowest BCUT2D eigenvalue weighted by Gasteiger charge is -2.23. The van der Waals surface area contributed by atoms with Crippen molar-refractivity contribution in [1.29, 1.82) is 0 Å². The van der Waals surface area contributed by atoms with Crippen LogP contribution in [-0.4, -0.2) is 45.7 Å². The number of benzene rings is 1. The zero-order valence-corrected chi connectivity index (χ0v) is 11.6. The van der Waals surface area contributed by atoms with Crippen LogP contribution < -0.4 is 0 Å². The molecule has 20 heavy (non-hydrogen) atoms. The average molecular weight is 298 g/mol. The van der Waals surface area contributed by atoms with Gasteiger partial charge in [-0.05, 0) is 19.1 Å². The highest BCUT2D eigenvalue weighted by atomic mass is 32.2. The van der Waals surface area contributed by atoms with Crippen molar-refractivity contribution in [3.05, 3.63) is 29.8 Å². The molecule has 0 amide bonds. The monoisotopic (exact) mass is 298 g/mol. The van der Waals surface area contributed by atoms with E-state index < -0.39 is 22.5 Å². The van der Waals surface area contributed by atoms with Crippen molar-refractivity contribution >= 4 is 10.1 Å². The molecule has 0 spiro atoms. The van der Waals surface area contributed by atoms with Crippen LogP contribution in [0.2, 0.25) is 0 Å². The van der Waals surface area contributed by atoms with Crippen molar-refractivity contribution in [1.82, 2.24) is 0 Å². The zero-order chi connectivity index (χ0) is 13.9. The van der Waals surface area contributed by atoms with Crippen LogP contribution in [0.5, 0.6) is 0 Å². The lowest BCUT2D eigenvalue weighted by Crippen LogP contribution is -2.42. The van der Waals surface area contributed by atoms with Gasteiger partial charge in [-0.3, -0.25) is 4.18 Å². The second-order valence-corrected chi connectivity index (χ2v) is 6.84. The molecule has 0 aliphatic carbocycles. The summed E-state index contributed by atoms with van der Waals surface area (Å²) in [5, 5.41) is 0. The Morgan fingerprint density at radius 3 is 2.65 bits per heavy atom. The molecule has 5 atom stereocenters. The second kappa shape index (κ2) is 4.25. The third kappa shape index (κ3) is 1.97. The molecule has 0 radical (unpaired) electrons. The molecule has 3 aliphatic heterocycles. The molecular formula is C13H14O6S. The van der Waals surface area contributed by atoms with Gasteiger partial charge in [0.25, 0.3) is 10.1 Å². The third-order valence-corrected chi connectivity index (χ3v) is 5.13. The van der Waals surface area contributed by atoms with E-state index in [-0.39, 0.29) is 23.2 Å². The maximum absolute atomic E-state index is 12.3. The molecule has 0 saturated carbocycles. The molecule has 7 heteroatoms. The Balaban J connectivity index is 1.57. The summed E-state index contributed by atoms with van der Waals surface area (Å²) < 4.78 is 46.2. The van der Waals surface area contributed by atoms with Gasteiger partial charge in [0, 0.05) is 0 Å². The molecule has 1 aromatic carbocycles. The molecule has 0 aromatic heterocycles. The van der Waals surface area contributed by atoms with Gasteiger partial charge in [0.1, 0.15) is 18.3 Å². The highest BCUT2D eigenvalue weighted by molar-refractivity contribution is 7.86. The van der Waals surface area contributed by atoms with E-state index in [2.05, 4.69) is 0 Å². The van der Waals surface area contributed by atoms with Crippen molar-refractivity contribution in [3.63, 3.8) is 0 Å². The van der Waals surface area contributed by atoms with Crippen LogP contribution in [0.25, 0.3) is 0 Å². The molecule has 1 aromatic rings. The Morgan fingerprint density at radius 2 is 1.90 bits per heavy atom. The Hall–Kier alpha value is -0.990. The molecular weight excluding hydrogens is 284 g/mol. The number of hydrogen-bond donors (Lipinski definition) is 0. The van der Waals surface area contributed by atoms with Gasteiger partial charge >= 0.3 is 0 Å². The lowest BCUT2D eigenvalue weighted by molar-refractivity contribution is -0.133. The zero-order valence-electron chi connectivity index (χ0n) is 10.8. The van der Waals surface area contributed by atoms with Gasteiger partial charge < -0.3 is 14.2 Å². The molecule has 0 N–H and O–H groups in total. The van der Waals surface area contributed by atoms with Gasteiger partial charge in [-0.15, -0.1) is 0 Å². The summed E-state index contributed by atoms with van der Waals surface area (Å²) in [6.45, 7) is 2.32. The number of fused-ring (bicyclic) bond motifs is 4. The summed E-state index contributed by atoms with van der Waals surface area (Å²) in [4.78, 5) is 0.125. The smallest absolute Gasteiger partial charge is 0.297 e. The Labute approximate surface area is 116 Å². The first kappa shape index (κ1) is 12.7. The number of rotatable bonds is 3. The quantitative estimate of drug-likeness (QED) is 0.600. The predicted molar refractivity (Wildman–Crippen MR) is 66.5 cm³/mol. The van der Waals surface area contributed by atoms with Crippen LogP contribution >= 0.6 is 0 Å². The Bertz CT molecular complexity index is 625. The highest BCUT2D eigenvalue weighted by Gasteiger charge is 2.63. The molecule has 108 valence electrons. The summed E-state index contributed by atoms with van der Waals surface area (Å²) in [7, 11) is -3.85. The summed E-state index contributed by atoms with van der Waals surface area (Å²) in [5.74, 6) is 0. The SMILES string of the molecule is Cc1ccc(S(=O)(=O)OC2C3OCC(O3)C3OC32)cc1. The van der Waals surface area contributed by atoms with Crippen molar-refractivity contribution in [2.45, 2.75) is 42.5 Å². The number of aryl methyl sites for hydroxylation is 1. The highest BCUT2D eigenvalue weighted by Crippen LogP contribution is 2.43. The minimum atomic E-state index is -3.85. The first-order valence-electron chi connectivity index (χ1n) is 6.47. The Kier molecular flexibility index (Phi) is 2.71. The van der Waals surface area contributed by atoms with Crippen molar-refractivity contribution in [3.8, 4) is 0 Å². The lowest BCUT2D eigenvalue weighted by atomic mass is 10.1. The van der Waals surface area contributed by atoms with Crippen LogP contribution in [0.4, 0.5) is 0 Å². The minimum absolute atomic E-state index is 0.0908. The molecule has 3 aliphatic rings. The van der Waals surface area contributed by atoms with E-state index in [4.69, 9.17) is 18.4 Å². The Morgan fingerprint density at radius 1 is 1.15 bits per heavy atom. The van der Waals surface area contributed by atoms with E-state index in [1.54, 1.807) is 12.1 Å². The molecule has 4 rings (SSSR count). The standard InChI is InChI=1S/C13H14O6S/c1-7-2-4-8(5-3-7)20(14,15)19-12-11-10(18-11)9-6-16-13(12)17-9/h2-5,9-13H,6H2,1H3. The molecule has 5 unspecified atom stereocenters. The van der Waals surface area contributed by atoms with Gasteiger partial charge in [-0.1, -0.05) is 17.7 Å². The third-order valence-electron chi connectivity index (χ3n) is 3.80. The van der Waals surface area contributed by atoms with Crippen LogP contribution in [0, 0.1) is 6.92 Å². The van der Waals surface area contributed by atoms with Crippen LogP contribution in [-0.2, 0) is 28.5 Å². The first-order chi connectivity index (χ1) is 9.54.